The maximum Gasteiger partial charge on any atom is 0.328 e. The van der Waals surface area contributed by atoms with Crippen LogP contribution in [0, 0.1) is 5.92 Å². The number of fused-ring (bicyclic) bond motifs is 1. The van der Waals surface area contributed by atoms with E-state index in [9.17, 15) is 19.2 Å². The van der Waals surface area contributed by atoms with E-state index in [1.165, 1.54) is 0 Å². The molecule has 2 aromatic carbocycles. The maximum absolute atomic E-state index is 14.1. The van der Waals surface area contributed by atoms with E-state index < -0.39 is 30.1 Å². The Bertz CT molecular complexity index is 1190. The number of hydrogen-bond donors (Lipinski definition) is 1. The second-order valence-corrected chi connectivity index (χ2v) is 10.7. The lowest BCUT2D eigenvalue weighted by atomic mass is 9.91. The maximum atomic E-state index is 14.1. The molecule has 0 spiro atoms. The van der Waals surface area contributed by atoms with Gasteiger partial charge in [0.2, 0.25) is 5.91 Å². The third-order valence-electron chi connectivity index (χ3n) is 8.02. The highest BCUT2D eigenvalue weighted by molar-refractivity contribution is 5.94. The molecule has 2 fully saturated rings. The number of rotatable bonds is 11. The summed E-state index contributed by atoms with van der Waals surface area (Å²) < 4.78 is 10.7. The number of aryl methyl sites for hydroxylation is 1. The lowest BCUT2D eigenvalue weighted by Crippen LogP contribution is -2.59. The minimum atomic E-state index is -0.768. The van der Waals surface area contributed by atoms with E-state index in [4.69, 9.17) is 9.47 Å². The smallest absolute Gasteiger partial charge is 0.328 e. The molecule has 2 amide bonds. The van der Waals surface area contributed by atoms with Gasteiger partial charge in [-0.2, -0.15) is 0 Å². The lowest BCUT2D eigenvalue weighted by Gasteiger charge is -2.40. The molecule has 0 aromatic heterocycles. The molecular formula is C32H41N3O6. The molecule has 0 saturated carbocycles. The van der Waals surface area contributed by atoms with Crippen LogP contribution in [0.5, 0.6) is 0 Å². The number of amides is 2. The van der Waals surface area contributed by atoms with Crippen molar-refractivity contribution in [3.63, 3.8) is 0 Å². The Morgan fingerprint density at radius 3 is 2.27 bits per heavy atom. The summed E-state index contributed by atoms with van der Waals surface area (Å²) in [6, 6.07) is 16.4. The zero-order valence-corrected chi connectivity index (χ0v) is 24.2. The predicted octanol–water partition coefficient (Wildman–Crippen LogP) is 3.22. The highest BCUT2D eigenvalue weighted by atomic mass is 16.5. The van der Waals surface area contributed by atoms with Gasteiger partial charge >= 0.3 is 11.9 Å². The SMILES string of the molecule is CCOC(=O)C(CCc1ccccc1)NC(C)C(=O)N1C(C(=O)OCC)CC2CCN(C(=O)c3ccccc3)CC21. The van der Waals surface area contributed by atoms with E-state index in [1.54, 1.807) is 42.7 Å². The summed E-state index contributed by atoms with van der Waals surface area (Å²) >= 11 is 0. The molecule has 2 aliphatic rings. The van der Waals surface area contributed by atoms with Gasteiger partial charge in [0.1, 0.15) is 12.1 Å². The van der Waals surface area contributed by atoms with E-state index in [0.717, 1.165) is 5.56 Å². The standard InChI is InChI=1S/C32H41N3O6/c1-4-40-31(38)26(17-16-23-12-8-6-9-13-23)33-22(3)29(36)35-27(32(39)41-5-2)20-25-18-19-34(21-28(25)35)30(37)24-14-10-7-11-15-24/h6-15,22,25-28,33H,4-5,16-21H2,1-3H3. The number of nitrogens with one attached hydrogen (secondary N) is 1. The molecule has 0 bridgehead atoms. The molecule has 2 aliphatic heterocycles. The van der Waals surface area contributed by atoms with Crippen molar-refractivity contribution >= 4 is 23.8 Å². The Hall–Kier alpha value is -3.72. The van der Waals surface area contributed by atoms with Crippen LogP contribution < -0.4 is 5.32 Å². The highest BCUT2D eigenvalue weighted by Crippen LogP contribution is 2.37. The molecular weight excluding hydrogens is 522 g/mol. The van der Waals surface area contributed by atoms with Gasteiger partial charge < -0.3 is 19.3 Å². The number of nitrogens with zero attached hydrogens (tertiary/aromatic N) is 2. The van der Waals surface area contributed by atoms with E-state index in [0.29, 0.717) is 44.3 Å². The van der Waals surface area contributed by atoms with Crippen molar-refractivity contribution in [2.75, 3.05) is 26.3 Å². The van der Waals surface area contributed by atoms with Gasteiger partial charge in [-0.05, 0) is 70.1 Å². The average Bonchev–Trinajstić information content (AvgIpc) is 3.38. The number of piperidine rings is 1. The monoisotopic (exact) mass is 563 g/mol. The zero-order valence-electron chi connectivity index (χ0n) is 24.2. The van der Waals surface area contributed by atoms with Crippen LogP contribution in [0.2, 0.25) is 0 Å². The molecule has 9 nitrogen and oxygen atoms in total. The molecule has 1 N–H and O–H groups in total. The molecule has 220 valence electrons. The summed E-state index contributed by atoms with van der Waals surface area (Å²) in [6.45, 7) is 6.54. The van der Waals surface area contributed by atoms with Crippen LogP contribution in [0.15, 0.2) is 60.7 Å². The fourth-order valence-corrected chi connectivity index (χ4v) is 5.98. The van der Waals surface area contributed by atoms with Crippen LogP contribution in [0.3, 0.4) is 0 Å². The van der Waals surface area contributed by atoms with Crippen molar-refractivity contribution in [3.8, 4) is 0 Å². The van der Waals surface area contributed by atoms with E-state index in [1.807, 2.05) is 48.5 Å². The van der Waals surface area contributed by atoms with Crippen molar-refractivity contribution in [2.24, 2.45) is 5.92 Å². The summed E-state index contributed by atoms with van der Waals surface area (Å²) in [5, 5.41) is 3.20. The second kappa shape index (κ2) is 14.3. The quantitative estimate of drug-likeness (QED) is 0.419. The summed E-state index contributed by atoms with van der Waals surface area (Å²) in [5.74, 6) is -1.17. The topological polar surface area (TPSA) is 105 Å². The Morgan fingerprint density at radius 1 is 0.951 bits per heavy atom. The predicted molar refractivity (Wildman–Crippen MR) is 154 cm³/mol. The van der Waals surface area contributed by atoms with Gasteiger partial charge in [0.05, 0.1) is 25.3 Å². The van der Waals surface area contributed by atoms with Crippen LogP contribution in [0.25, 0.3) is 0 Å². The third kappa shape index (κ3) is 7.33. The molecule has 0 radical (unpaired) electrons. The van der Waals surface area contributed by atoms with Crippen LogP contribution in [0.1, 0.15) is 56.0 Å². The zero-order chi connectivity index (χ0) is 29.4. The van der Waals surface area contributed by atoms with Crippen molar-refractivity contribution < 1.29 is 28.7 Å². The fourth-order valence-electron chi connectivity index (χ4n) is 5.98. The summed E-state index contributed by atoms with van der Waals surface area (Å²) in [7, 11) is 0. The average molecular weight is 564 g/mol. The highest BCUT2D eigenvalue weighted by Gasteiger charge is 2.51. The summed E-state index contributed by atoms with van der Waals surface area (Å²) in [6.07, 6.45) is 2.26. The minimum absolute atomic E-state index is 0.0688. The van der Waals surface area contributed by atoms with Gasteiger partial charge in [0, 0.05) is 18.7 Å². The van der Waals surface area contributed by atoms with Crippen molar-refractivity contribution in [3.05, 3.63) is 71.8 Å². The summed E-state index contributed by atoms with van der Waals surface area (Å²) in [5.41, 5.74) is 1.67. The van der Waals surface area contributed by atoms with E-state index >= 15 is 0 Å². The fraction of sp³-hybridized carbons (Fsp3) is 0.500. The first kappa shape index (κ1) is 30.2. The Morgan fingerprint density at radius 2 is 1.61 bits per heavy atom. The van der Waals surface area contributed by atoms with Gasteiger partial charge in [-0.15, -0.1) is 0 Å². The first-order chi connectivity index (χ1) is 19.8. The Labute approximate surface area is 242 Å². The van der Waals surface area contributed by atoms with Crippen LogP contribution >= 0.6 is 0 Å². The van der Waals surface area contributed by atoms with Crippen LogP contribution in [0.4, 0.5) is 0 Å². The van der Waals surface area contributed by atoms with Gasteiger partial charge in [-0.25, -0.2) is 4.79 Å². The van der Waals surface area contributed by atoms with Crippen molar-refractivity contribution in [2.45, 2.75) is 70.6 Å². The number of carbonyl (C=O) groups excluding carboxylic acids is 4. The van der Waals surface area contributed by atoms with E-state index in [2.05, 4.69) is 5.32 Å². The first-order valence-electron chi connectivity index (χ1n) is 14.6. The van der Waals surface area contributed by atoms with Gasteiger partial charge in [0.15, 0.2) is 0 Å². The molecule has 4 rings (SSSR count). The van der Waals surface area contributed by atoms with Gasteiger partial charge in [0.25, 0.3) is 5.91 Å². The molecule has 5 unspecified atom stereocenters. The van der Waals surface area contributed by atoms with Gasteiger partial charge in [-0.1, -0.05) is 48.5 Å². The Balaban J connectivity index is 1.52. The molecule has 41 heavy (non-hydrogen) atoms. The molecule has 9 heteroatoms. The number of esters is 2. The molecule has 2 aromatic rings. The van der Waals surface area contributed by atoms with Crippen LogP contribution in [-0.2, 0) is 30.3 Å². The number of hydrogen-bond acceptors (Lipinski definition) is 7. The Kier molecular flexibility index (Phi) is 10.5. The molecule has 5 atom stereocenters. The molecule has 2 heterocycles. The molecule has 2 saturated heterocycles. The van der Waals surface area contributed by atoms with Crippen molar-refractivity contribution in [1.29, 1.82) is 0 Å². The largest absolute Gasteiger partial charge is 0.465 e. The van der Waals surface area contributed by atoms with Crippen LogP contribution in [-0.4, -0.2) is 84.0 Å². The lowest BCUT2D eigenvalue weighted by molar-refractivity contribution is -0.155. The van der Waals surface area contributed by atoms with Crippen molar-refractivity contribution in [1.82, 2.24) is 15.1 Å². The first-order valence-corrected chi connectivity index (χ1v) is 14.6. The third-order valence-corrected chi connectivity index (χ3v) is 8.02. The second-order valence-electron chi connectivity index (χ2n) is 10.7. The van der Waals surface area contributed by atoms with Gasteiger partial charge in [-0.3, -0.25) is 19.7 Å². The normalized spacial score (nSPS) is 21.5. The summed E-state index contributed by atoms with van der Waals surface area (Å²) in [4.78, 5) is 56.6. The molecule has 0 aliphatic carbocycles. The number of ether oxygens (including phenoxy) is 2. The number of benzene rings is 2. The number of likely N-dealkylation sites (tertiary alicyclic amines) is 2. The minimum Gasteiger partial charge on any atom is -0.465 e. The number of carbonyl (C=O) groups is 4. The van der Waals surface area contributed by atoms with E-state index in [-0.39, 0.29) is 37.0 Å².